The summed E-state index contributed by atoms with van der Waals surface area (Å²) < 4.78 is 18.3. The fraction of sp³-hybridized carbons (Fsp3) is 0.182. The van der Waals surface area contributed by atoms with Gasteiger partial charge < -0.3 is 9.52 Å². The van der Waals surface area contributed by atoms with Crippen molar-refractivity contribution in [3.8, 4) is 0 Å². The molecule has 2 aromatic rings. The zero-order chi connectivity index (χ0) is 10.8. The fourth-order valence-corrected chi connectivity index (χ4v) is 1.39. The largest absolute Gasteiger partial charge is 0.469 e. The molecule has 0 aliphatic carbocycles. The number of aryl methyl sites for hydroxylation is 1. The molecular formula is C11H10FNO2. The van der Waals surface area contributed by atoms with E-state index in [9.17, 15) is 9.50 Å². The van der Waals surface area contributed by atoms with Crippen LogP contribution in [0.3, 0.4) is 0 Å². The molecule has 0 saturated carbocycles. The Labute approximate surface area is 86.2 Å². The first-order valence-corrected chi connectivity index (χ1v) is 4.51. The lowest BCUT2D eigenvalue weighted by Gasteiger charge is -2.08. The van der Waals surface area contributed by atoms with Gasteiger partial charge in [-0.25, -0.2) is 4.39 Å². The molecule has 0 spiro atoms. The third-order valence-corrected chi connectivity index (χ3v) is 2.16. The molecule has 3 nitrogen and oxygen atoms in total. The lowest BCUT2D eigenvalue weighted by atomic mass is 10.1. The monoisotopic (exact) mass is 207 g/mol. The number of hydrogen-bond donors (Lipinski definition) is 1. The maximum atomic E-state index is 13.3. The lowest BCUT2D eigenvalue weighted by Crippen LogP contribution is -2.01. The van der Waals surface area contributed by atoms with Crippen molar-refractivity contribution in [1.82, 2.24) is 4.98 Å². The van der Waals surface area contributed by atoms with Crippen molar-refractivity contribution in [2.45, 2.75) is 13.0 Å². The number of aliphatic hydroxyl groups is 1. The second kappa shape index (κ2) is 3.82. The van der Waals surface area contributed by atoms with Crippen molar-refractivity contribution in [3.05, 3.63) is 53.5 Å². The molecule has 0 fully saturated rings. The third-order valence-electron chi connectivity index (χ3n) is 2.16. The highest BCUT2D eigenvalue weighted by Crippen LogP contribution is 2.24. The highest BCUT2D eigenvalue weighted by molar-refractivity contribution is 5.27. The standard InChI is InChI=1S/C11H10FNO2/c1-7-4-8(6-15-7)11(14)9-2-3-13-5-10(9)12/h2-6,11,14H,1H3. The van der Waals surface area contributed by atoms with E-state index in [1.165, 1.54) is 18.5 Å². The molecule has 4 heteroatoms. The second-order valence-electron chi connectivity index (χ2n) is 3.29. The summed E-state index contributed by atoms with van der Waals surface area (Å²) in [6, 6.07) is 3.12. The molecular weight excluding hydrogens is 197 g/mol. The molecule has 0 bridgehead atoms. The summed E-state index contributed by atoms with van der Waals surface area (Å²) in [5, 5.41) is 9.86. The van der Waals surface area contributed by atoms with Crippen molar-refractivity contribution < 1.29 is 13.9 Å². The Bertz CT molecular complexity index is 467. The van der Waals surface area contributed by atoms with Crippen molar-refractivity contribution in [2.24, 2.45) is 0 Å². The fourth-order valence-electron chi connectivity index (χ4n) is 1.39. The summed E-state index contributed by atoms with van der Waals surface area (Å²) in [5.41, 5.74) is 0.739. The molecule has 0 aliphatic heterocycles. The zero-order valence-electron chi connectivity index (χ0n) is 8.14. The van der Waals surface area contributed by atoms with E-state index in [-0.39, 0.29) is 5.56 Å². The highest BCUT2D eigenvalue weighted by atomic mass is 19.1. The van der Waals surface area contributed by atoms with Gasteiger partial charge in [0.1, 0.15) is 17.7 Å². The molecule has 1 unspecified atom stereocenters. The van der Waals surface area contributed by atoms with Gasteiger partial charge in [0.2, 0.25) is 0 Å². The smallest absolute Gasteiger partial charge is 0.147 e. The predicted octanol–water partition coefficient (Wildman–Crippen LogP) is 2.20. The van der Waals surface area contributed by atoms with Crippen LogP contribution in [-0.4, -0.2) is 10.1 Å². The number of aliphatic hydroxyl groups excluding tert-OH is 1. The Hall–Kier alpha value is -1.68. The van der Waals surface area contributed by atoms with Gasteiger partial charge in [-0.3, -0.25) is 4.98 Å². The van der Waals surface area contributed by atoms with Crippen LogP contribution < -0.4 is 0 Å². The van der Waals surface area contributed by atoms with Crippen LogP contribution in [0.2, 0.25) is 0 Å². The molecule has 0 radical (unpaired) electrons. The van der Waals surface area contributed by atoms with E-state index in [0.29, 0.717) is 11.3 Å². The number of hydrogen-bond acceptors (Lipinski definition) is 3. The van der Waals surface area contributed by atoms with E-state index in [1.807, 2.05) is 0 Å². The van der Waals surface area contributed by atoms with Gasteiger partial charge in [0.25, 0.3) is 0 Å². The Balaban J connectivity index is 2.36. The molecule has 2 rings (SSSR count). The van der Waals surface area contributed by atoms with Crippen molar-refractivity contribution in [2.75, 3.05) is 0 Å². The molecule has 2 heterocycles. The summed E-state index contributed by atoms with van der Waals surface area (Å²) in [6.07, 6.45) is 2.92. The minimum Gasteiger partial charge on any atom is -0.469 e. The van der Waals surface area contributed by atoms with Gasteiger partial charge in [-0.15, -0.1) is 0 Å². The number of aromatic nitrogens is 1. The molecule has 0 saturated heterocycles. The van der Waals surface area contributed by atoms with Crippen LogP contribution >= 0.6 is 0 Å². The molecule has 0 aromatic carbocycles. The first kappa shape index (κ1) is 9.86. The summed E-state index contributed by atoms with van der Waals surface area (Å²) in [5.74, 6) is 0.155. The maximum absolute atomic E-state index is 13.3. The number of nitrogens with zero attached hydrogens (tertiary/aromatic N) is 1. The summed E-state index contributed by atoms with van der Waals surface area (Å²) >= 11 is 0. The van der Waals surface area contributed by atoms with Crippen LogP contribution in [0.15, 0.2) is 35.2 Å². The van der Waals surface area contributed by atoms with Gasteiger partial charge in [0, 0.05) is 17.3 Å². The minimum atomic E-state index is -1.01. The van der Waals surface area contributed by atoms with E-state index in [1.54, 1.807) is 13.0 Å². The van der Waals surface area contributed by atoms with Gasteiger partial charge in [0.05, 0.1) is 12.5 Å². The van der Waals surface area contributed by atoms with Crippen LogP contribution in [0.25, 0.3) is 0 Å². The van der Waals surface area contributed by atoms with Gasteiger partial charge in [0.15, 0.2) is 0 Å². The topological polar surface area (TPSA) is 46.3 Å². The number of furan rings is 1. The van der Waals surface area contributed by atoms with E-state index in [4.69, 9.17) is 4.42 Å². The lowest BCUT2D eigenvalue weighted by molar-refractivity contribution is 0.213. The summed E-state index contributed by atoms with van der Waals surface area (Å²) in [7, 11) is 0. The quantitative estimate of drug-likeness (QED) is 0.821. The van der Waals surface area contributed by atoms with Crippen molar-refractivity contribution >= 4 is 0 Å². The van der Waals surface area contributed by atoms with Crippen molar-refractivity contribution in [1.29, 1.82) is 0 Å². The SMILES string of the molecule is Cc1cc(C(O)c2ccncc2F)co1. The maximum Gasteiger partial charge on any atom is 0.147 e. The number of halogens is 1. The molecule has 2 aromatic heterocycles. The first-order chi connectivity index (χ1) is 7.18. The molecule has 1 N–H and O–H groups in total. The summed E-state index contributed by atoms with van der Waals surface area (Å²) in [6.45, 7) is 1.76. The normalized spacial score (nSPS) is 12.7. The van der Waals surface area contributed by atoms with Gasteiger partial charge in [-0.2, -0.15) is 0 Å². The predicted molar refractivity (Wildman–Crippen MR) is 51.7 cm³/mol. The van der Waals surface area contributed by atoms with Crippen LogP contribution in [0.1, 0.15) is 23.0 Å². The Kier molecular flexibility index (Phi) is 2.51. The molecule has 78 valence electrons. The Morgan fingerprint density at radius 3 is 2.93 bits per heavy atom. The van der Waals surface area contributed by atoms with Crippen molar-refractivity contribution in [3.63, 3.8) is 0 Å². The van der Waals surface area contributed by atoms with Crippen LogP contribution in [0.4, 0.5) is 4.39 Å². The van der Waals surface area contributed by atoms with Gasteiger partial charge in [-0.1, -0.05) is 0 Å². The van der Waals surface area contributed by atoms with Crippen LogP contribution in [0.5, 0.6) is 0 Å². The average molecular weight is 207 g/mol. The number of pyridine rings is 1. The van der Waals surface area contributed by atoms with E-state index >= 15 is 0 Å². The summed E-state index contributed by atoms with van der Waals surface area (Å²) in [4.78, 5) is 3.62. The molecule has 0 amide bonds. The van der Waals surface area contributed by atoms with Crippen LogP contribution in [-0.2, 0) is 0 Å². The highest BCUT2D eigenvalue weighted by Gasteiger charge is 2.16. The van der Waals surface area contributed by atoms with Gasteiger partial charge >= 0.3 is 0 Å². The van der Waals surface area contributed by atoms with Gasteiger partial charge in [-0.05, 0) is 19.1 Å². The molecule has 1 atom stereocenters. The third kappa shape index (κ3) is 1.89. The zero-order valence-corrected chi connectivity index (χ0v) is 8.14. The molecule has 15 heavy (non-hydrogen) atoms. The Morgan fingerprint density at radius 2 is 2.33 bits per heavy atom. The molecule has 0 aliphatic rings. The second-order valence-corrected chi connectivity index (χ2v) is 3.29. The Morgan fingerprint density at radius 1 is 1.53 bits per heavy atom. The van der Waals surface area contributed by atoms with E-state index < -0.39 is 11.9 Å². The number of rotatable bonds is 2. The van der Waals surface area contributed by atoms with Crippen LogP contribution in [0, 0.1) is 12.7 Å². The average Bonchev–Trinajstić information content (AvgIpc) is 2.65. The first-order valence-electron chi connectivity index (χ1n) is 4.51. The van der Waals surface area contributed by atoms with E-state index in [0.717, 1.165) is 6.20 Å². The minimum absolute atomic E-state index is 0.200. The van der Waals surface area contributed by atoms with E-state index in [2.05, 4.69) is 4.98 Å².